The van der Waals surface area contributed by atoms with Gasteiger partial charge in [0.2, 0.25) is 6.79 Å². The molecule has 1 N–H and O–H groups in total. The number of hydrogen-bond acceptors (Lipinski definition) is 4. The van der Waals surface area contributed by atoms with Gasteiger partial charge >= 0.3 is 0 Å². The Bertz CT molecular complexity index is 478. The molecule has 0 radical (unpaired) electrons. The minimum absolute atomic E-state index is 0.144. The lowest BCUT2D eigenvalue weighted by atomic mass is 9.88. The third-order valence-electron chi connectivity index (χ3n) is 3.69. The first-order valence-electron chi connectivity index (χ1n) is 6.41. The van der Waals surface area contributed by atoms with Crippen LogP contribution in [0.25, 0.3) is 0 Å². The lowest BCUT2D eigenvalue weighted by Crippen LogP contribution is -2.32. The molecule has 2 heterocycles. The second kappa shape index (κ2) is 4.61. The second-order valence-corrected chi connectivity index (χ2v) is 4.91. The zero-order valence-electron chi connectivity index (χ0n) is 10.5. The average Bonchev–Trinajstić information content (AvgIpc) is 2.85. The van der Waals surface area contributed by atoms with Crippen molar-refractivity contribution in [3.05, 3.63) is 23.3 Å². The molecule has 18 heavy (non-hydrogen) atoms. The van der Waals surface area contributed by atoms with E-state index in [9.17, 15) is 4.79 Å². The van der Waals surface area contributed by atoms with E-state index in [1.807, 2.05) is 19.1 Å². The normalized spacial score (nSPS) is 18.9. The standard InChI is InChI=1S/C14H17NO3/c1-9-6-12-13(18-8-17-12)7-11(9)14(16)10-2-4-15-5-3-10/h6-7,10,15H,2-5,8H2,1H3. The molecule has 0 bridgehead atoms. The highest BCUT2D eigenvalue weighted by Crippen LogP contribution is 2.35. The van der Waals surface area contributed by atoms with E-state index in [2.05, 4.69) is 5.32 Å². The van der Waals surface area contributed by atoms with Crippen molar-refractivity contribution in [2.45, 2.75) is 19.8 Å². The molecular weight excluding hydrogens is 230 g/mol. The van der Waals surface area contributed by atoms with E-state index < -0.39 is 0 Å². The van der Waals surface area contributed by atoms with Gasteiger partial charge in [-0.1, -0.05) is 0 Å². The molecule has 0 aromatic heterocycles. The summed E-state index contributed by atoms with van der Waals surface area (Å²) < 4.78 is 10.7. The minimum Gasteiger partial charge on any atom is -0.454 e. The molecule has 96 valence electrons. The van der Waals surface area contributed by atoms with Crippen LogP contribution < -0.4 is 14.8 Å². The number of aryl methyl sites for hydroxylation is 1. The number of rotatable bonds is 2. The Balaban J connectivity index is 1.89. The summed E-state index contributed by atoms with van der Waals surface area (Å²) in [5.41, 5.74) is 1.76. The summed E-state index contributed by atoms with van der Waals surface area (Å²) in [6.07, 6.45) is 1.85. The molecule has 3 rings (SSSR count). The monoisotopic (exact) mass is 247 g/mol. The summed E-state index contributed by atoms with van der Waals surface area (Å²) in [5, 5.41) is 3.28. The van der Waals surface area contributed by atoms with Gasteiger partial charge in [-0.05, 0) is 50.6 Å². The fourth-order valence-corrected chi connectivity index (χ4v) is 2.61. The van der Waals surface area contributed by atoms with Crippen LogP contribution in [-0.2, 0) is 0 Å². The van der Waals surface area contributed by atoms with Gasteiger partial charge in [0.05, 0.1) is 0 Å². The highest BCUT2D eigenvalue weighted by molar-refractivity contribution is 5.99. The predicted octanol–water partition coefficient (Wildman–Crippen LogP) is 1.91. The summed E-state index contributed by atoms with van der Waals surface area (Å²) in [4.78, 5) is 12.5. The van der Waals surface area contributed by atoms with Gasteiger partial charge in [-0.15, -0.1) is 0 Å². The maximum Gasteiger partial charge on any atom is 0.231 e. The van der Waals surface area contributed by atoms with E-state index in [0.29, 0.717) is 5.75 Å². The van der Waals surface area contributed by atoms with Gasteiger partial charge in [-0.25, -0.2) is 0 Å². The van der Waals surface area contributed by atoms with E-state index in [0.717, 1.165) is 42.8 Å². The molecule has 1 aromatic carbocycles. The number of Topliss-reactive ketones (excluding diaryl/α,β-unsaturated/α-hetero) is 1. The van der Waals surface area contributed by atoms with Crippen molar-refractivity contribution in [2.24, 2.45) is 5.92 Å². The smallest absolute Gasteiger partial charge is 0.231 e. The molecule has 4 heteroatoms. The molecule has 1 fully saturated rings. The number of piperidine rings is 1. The molecule has 4 nitrogen and oxygen atoms in total. The highest BCUT2D eigenvalue weighted by atomic mass is 16.7. The van der Waals surface area contributed by atoms with Crippen LogP contribution in [-0.4, -0.2) is 25.7 Å². The van der Waals surface area contributed by atoms with E-state index in [-0.39, 0.29) is 18.5 Å². The molecule has 0 spiro atoms. The van der Waals surface area contributed by atoms with E-state index in [1.54, 1.807) is 0 Å². The summed E-state index contributed by atoms with van der Waals surface area (Å²) in [7, 11) is 0. The fraction of sp³-hybridized carbons (Fsp3) is 0.500. The van der Waals surface area contributed by atoms with Crippen LogP contribution in [0.2, 0.25) is 0 Å². The molecule has 0 atom stereocenters. The molecular formula is C14H17NO3. The Kier molecular flexibility index (Phi) is 2.96. The van der Waals surface area contributed by atoms with Crippen LogP contribution in [0.15, 0.2) is 12.1 Å². The van der Waals surface area contributed by atoms with Crippen LogP contribution in [0.1, 0.15) is 28.8 Å². The lowest BCUT2D eigenvalue weighted by Gasteiger charge is -2.22. The summed E-state index contributed by atoms with van der Waals surface area (Å²) in [6, 6.07) is 3.73. The van der Waals surface area contributed by atoms with Gasteiger partial charge in [-0.2, -0.15) is 0 Å². The molecule has 0 aliphatic carbocycles. The van der Waals surface area contributed by atoms with Crippen LogP contribution in [0, 0.1) is 12.8 Å². The van der Waals surface area contributed by atoms with Crippen molar-refractivity contribution in [1.29, 1.82) is 0 Å². The number of carbonyl (C=O) groups excluding carboxylic acids is 1. The molecule has 0 amide bonds. The number of nitrogens with one attached hydrogen (secondary N) is 1. The Morgan fingerprint density at radius 2 is 1.89 bits per heavy atom. The fourth-order valence-electron chi connectivity index (χ4n) is 2.61. The van der Waals surface area contributed by atoms with Gasteiger partial charge in [0.1, 0.15) is 0 Å². The van der Waals surface area contributed by atoms with Crippen molar-refractivity contribution >= 4 is 5.78 Å². The first-order valence-corrected chi connectivity index (χ1v) is 6.41. The number of fused-ring (bicyclic) bond motifs is 1. The van der Waals surface area contributed by atoms with Gasteiger partial charge in [0, 0.05) is 11.5 Å². The topological polar surface area (TPSA) is 47.6 Å². The molecule has 1 aromatic rings. The molecule has 2 aliphatic rings. The molecule has 0 unspecified atom stereocenters. The van der Waals surface area contributed by atoms with Gasteiger partial charge in [0.25, 0.3) is 0 Å². The SMILES string of the molecule is Cc1cc2c(cc1C(=O)C1CCNCC1)OCO2. The van der Waals surface area contributed by atoms with Crippen LogP contribution in [0.3, 0.4) is 0 Å². The number of hydrogen-bond donors (Lipinski definition) is 1. The van der Waals surface area contributed by atoms with Crippen molar-refractivity contribution in [1.82, 2.24) is 5.32 Å². The van der Waals surface area contributed by atoms with E-state index >= 15 is 0 Å². The average molecular weight is 247 g/mol. The zero-order valence-corrected chi connectivity index (χ0v) is 10.5. The van der Waals surface area contributed by atoms with Gasteiger partial charge in [-0.3, -0.25) is 4.79 Å². The highest BCUT2D eigenvalue weighted by Gasteiger charge is 2.25. The summed E-state index contributed by atoms with van der Waals surface area (Å²) in [5.74, 6) is 1.82. The molecule has 0 saturated carbocycles. The first kappa shape index (κ1) is 11.5. The van der Waals surface area contributed by atoms with E-state index in [4.69, 9.17) is 9.47 Å². The molecule has 1 saturated heterocycles. The van der Waals surface area contributed by atoms with Crippen molar-refractivity contribution in [3.63, 3.8) is 0 Å². The van der Waals surface area contributed by atoms with Crippen molar-refractivity contribution in [2.75, 3.05) is 19.9 Å². The van der Waals surface area contributed by atoms with Crippen LogP contribution >= 0.6 is 0 Å². The third-order valence-corrected chi connectivity index (χ3v) is 3.69. The van der Waals surface area contributed by atoms with E-state index in [1.165, 1.54) is 0 Å². The number of ether oxygens (including phenoxy) is 2. The summed E-state index contributed by atoms with van der Waals surface area (Å²) >= 11 is 0. The number of carbonyl (C=O) groups is 1. The Morgan fingerprint density at radius 1 is 1.22 bits per heavy atom. The largest absolute Gasteiger partial charge is 0.454 e. The third kappa shape index (κ3) is 1.97. The number of ketones is 1. The van der Waals surface area contributed by atoms with Gasteiger partial charge in [0.15, 0.2) is 17.3 Å². The van der Waals surface area contributed by atoms with Crippen molar-refractivity contribution < 1.29 is 14.3 Å². The quantitative estimate of drug-likeness (QED) is 0.811. The minimum atomic E-state index is 0.144. The second-order valence-electron chi connectivity index (χ2n) is 4.91. The maximum absolute atomic E-state index is 12.5. The van der Waals surface area contributed by atoms with Gasteiger partial charge < -0.3 is 14.8 Å². The first-order chi connectivity index (χ1) is 8.75. The number of benzene rings is 1. The predicted molar refractivity (Wildman–Crippen MR) is 67.2 cm³/mol. The Hall–Kier alpha value is -1.55. The van der Waals surface area contributed by atoms with Crippen LogP contribution in [0.4, 0.5) is 0 Å². The molecule has 2 aliphatic heterocycles. The van der Waals surface area contributed by atoms with Crippen molar-refractivity contribution in [3.8, 4) is 11.5 Å². The van der Waals surface area contributed by atoms with Crippen LogP contribution in [0.5, 0.6) is 11.5 Å². The Labute approximate surface area is 106 Å². The zero-order chi connectivity index (χ0) is 12.5. The lowest BCUT2D eigenvalue weighted by molar-refractivity contribution is 0.0894. The maximum atomic E-state index is 12.5. The summed E-state index contributed by atoms with van der Waals surface area (Å²) in [6.45, 7) is 4.07. The Morgan fingerprint density at radius 3 is 2.61 bits per heavy atom.